The van der Waals surface area contributed by atoms with E-state index in [4.69, 9.17) is 0 Å². The van der Waals surface area contributed by atoms with Crippen molar-refractivity contribution >= 4 is 0 Å². The van der Waals surface area contributed by atoms with Crippen molar-refractivity contribution in [2.75, 3.05) is 32.8 Å². The molecular weight excluding hydrogens is 136 g/mol. The lowest BCUT2D eigenvalue weighted by Crippen LogP contribution is -2.25. The van der Waals surface area contributed by atoms with Gasteiger partial charge in [-0.25, -0.2) is 0 Å². The van der Waals surface area contributed by atoms with Gasteiger partial charge in [0.25, 0.3) is 0 Å². The largest absolute Gasteiger partial charge is 0.286 e. The van der Waals surface area contributed by atoms with E-state index in [-0.39, 0.29) is 0 Å². The van der Waals surface area contributed by atoms with Crippen LogP contribution < -0.4 is 0 Å². The van der Waals surface area contributed by atoms with E-state index >= 15 is 0 Å². The fourth-order valence-corrected chi connectivity index (χ4v) is 1.37. The van der Waals surface area contributed by atoms with Gasteiger partial charge >= 0.3 is 0 Å². The van der Waals surface area contributed by atoms with Gasteiger partial charge in [0.05, 0.1) is 6.67 Å². The minimum absolute atomic E-state index is 1.01. The molecule has 0 bridgehead atoms. The second-order valence-electron chi connectivity index (χ2n) is 2.87. The van der Waals surface area contributed by atoms with E-state index in [0.29, 0.717) is 0 Å². The van der Waals surface area contributed by atoms with Crippen molar-refractivity contribution in [2.45, 2.75) is 0 Å². The Labute approximate surface area is 68.8 Å². The number of hydrogen-bond donors (Lipinski definition) is 0. The Morgan fingerprint density at radius 3 is 1.82 bits per heavy atom. The summed E-state index contributed by atoms with van der Waals surface area (Å²) in [6.07, 6.45) is 3.91. The van der Waals surface area contributed by atoms with E-state index in [1.165, 1.54) is 13.1 Å². The van der Waals surface area contributed by atoms with Gasteiger partial charge in [0, 0.05) is 26.2 Å². The Morgan fingerprint density at radius 2 is 1.45 bits per heavy atom. The van der Waals surface area contributed by atoms with Crippen LogP contribution in [0.5, 0.6) is 0 Å². The van der Waals surface area contributed by atoms with Gasteiger partial charge in [-0.15, -0.1) is 13.2 Å². The molecule has 11 heavy (non-hydrogen) atoms. The van der Waals surface area contributed by atoms with Crippen molar-refractivity contribution < 1.29 is 0 Å². The van der Waals surface area contributed by atoms with E-state index < -0.39 is 0 Å². The lowest BCUT2D eigenvalue weighted by atomic mass is 10.5. The minimum atomic E-state index is 1.01. The van der Waals surface area contributed by atoms with E-state index in [0.717, 1.165) is 19.8 Å². The number of rotatable bonds is 4. The smallest absolute Gasteiger partial charge is 0.0513 e. The summed E-state index contributed by atoms with van der Waals surface area (Å²) in [6, 6.07) is 0. The molecule has 2 heteroatoms. The Hall–Kier alpha value is -0.600. The number of hydrogen-bond acceptors (Lipinski definition) is 2. The van der Waals surface area contributed by atoms with Crippen molar-refractivity contribution in [3.8, 4) is 0 Å². The molecule has 1 saturated heterocycles. The first kappa shape index (κ1) is 8.50. The zero-order chi connectivity index (χ0) is 8.10. The van der Waals surface area contributed by atoms with E-state index in [1.54, 1.807) is 0 Å². The van der Waals surface area contributed by atoms with Crippen LogP contribution in [0.4, 0.5) is 0 Å². The summed E-state index contributed by atoms with van der Waals surface area (Å²) in [7, 11) is 0. The van der Waals surface area contributed by atoms with E-state index in [1.807, 2.05) is 12.2 Å². The molecule has 1 rings (SSSR count). The topological polar surface area (TPSA) is 6.48 Å². The first-order valence-corrected chi connectivity index (χ1v) is 4.03. The average molecular weight is 152 g/mol. The molecule has 0 aromatic carbocycles. The van der Waals surface area contributed by atoms with Crippen molar-refractivity contribution in [3.63, 3.8) is 0 Å². The van der Waals surface area contributed by atoms with Crippen LogP contribution in [-0.2, 0) is 0 Å². The van der Waals surface area contributed by atoms with E-state index in [2.05, 4.69) is 23.0 Å². The molecule has 0 aromatic rings. The maximum Gasteiger partial charge on any atom is 0.0513 e. The molecule has 0 spiro atoms. The third-order valence-corrected chi connectivity index (χ3v) is 1.91. The molecule has 0 atom stereocenters. The van der Waals surface area contributed by atoms with Crippen molar-refractivity contribution in [1.29, 1.82) is 0 Å². The number of nitrogens with zero attached hydrogens (tertiary/aromatic N) is 2. The zero-order valence-electron chi connectivity index (χ0n) is 7.00. The normalized spacial score (nSPS) is 20.4. The van der Waals surface area contributed by atoms with Gasteiger partial charge in [0.1, 0.15) is 0 Å². The predicted molar refractivity (Wildman–Crippen MR) is 48.4 cm³/mol. The van der Waals surface area contributed by atoms with Crippen molar-refractivity contribution in [1.82, 2.24) is 9.80 Å². The standard InChI is InChI=1S/C9H16N2/c1-3-5-10-7-8-11(9-10)6-4-2/h3-4H,1-2,5-9H2. The fourth-order valence-electron chi connectivity index (χ4n) is 1.37. The Kier molecular flexibility index (Phi) is 3.33. The molecule has 0 unspecified atom stereocenters. The maximum absolute atomic E-state index is 3.71. The molecule has 1 aliphatic rings. The third kappa shape index (κ3) is 2.48. The summed E-state index contributed by atoms with van der Waals surface area (Å²) in [6.45, 7) is 12.8. The molecule has 0 N–H and O–H groups in total. The lowest BCUT2D eigenvalue weighted by Gasteiger charge is -2.14. The highest BCUT2D eigenvalue weighted by Gasteiger charge is 2.16. The van der Waals surface area contributed by atoms with Crippen LogP contribution in [0.1, 0.15) is 0 Å². The molecule has 0 aromatic heterocycles. The molecule has 0 radical (unpaired) electrons. The SMILES string of the molecule is C=CCN1CCN(CC=C)C1. The third-order valence-electron chi connectivity index (χ3n) is 1.91. The van der Waals surface area contributed by atoms with Crippen LogP contribution in [0, 0.1) is 0 Å². The highest BCUT2D eigenvalue weighted by atomic mass is 15.4. The van der Waals surface area contributed by atoms with Crippen molar-refractivity contribution in [3.05, 3.63) is 25.3 Å². The van der Waals surface area contributed by atoms with Gasteiger partial charge in [0.2, 0.25) is 0 Å². The van der Waals surface area contributed by atoms with Gasteiger partial charge in [-0.1, -0.05) is 12.2 Å². The lowest BCUT2D eigenvalue weighted by molar-refractivity contribution is 0.279. The van der Waals surface area contributed by atoms with Crippen LogP contribution in [0.3, 0.4) is 0 Å². The average Bonchev–Trinajstić information content (AvgIpc) is 2.38. The highest BCUT2D eigenvalue weighted by Crippen LogP contribution is 2.03. The van der Waals surface area contributed by atoms with Crippen LogP contribution in [0.25, 0.3) is 0 Å². The van der Waals surface area contributed by atoms with Crippen LogP contribution in [-0.4, -0.2) is 42.6 Å². The molecule has 1 aliphatic heterocycles. The Bertz CT molecular complexity index is 126. The predicted octanol–water partition coefficient (Wildman–Crippen LogP) is 0.933. The fraction of sp³-hybridized carbons (Fsp3) is 0.556. The first-order valence-electron chi connectivity index (χ1n) is 4.03. The second-order valence-corrected chi connectivity index (χ2v) is 2.87. The van der Waals surface area contributed by atoms with Crippen molar-refractivity contribution in [2.24, 2.45) is 0 Å². The van der Waals surface area contributed by atoms with Crippen LogP contribution in [0.15, 0.2) is 25.3 Å². The quantitative estimate of drug-likeness (QED) is 0.553. The van der Waals surface area contributed by atoms with Gasteiger partial charge in [0.15, 0.2) is 0 Å². The van der Waals surface area contributed by atoms with E-state index in [9.17, 15) is 0 Å². The summed E-state index contributed by atoms with van der Waals surface area (Å²) in [5.74, 6) is 0. The molecule has 2 nitrogen and oxygen atoms in total. The monoisotopic (exact) mass is 152 g/mol. The van der Waals surface area contributed by atoms with Crippen LogP contribution in [0.2, 0.25) is 0 Å². The molecule has 0 amide bonds. The minimum Gasteiger partial charge on any atom is -0.286 e. The molecule has 0 aliphatic carbocycles. The summed E-state index contributed by atoms with van der Waals surface area (Å²) >= 11 is 0. The Balaban J connectivity index is 2.22. The molecule has 1 fully saturated rings. The van der Waals surface area contributed by atoms with Gasteiger partial charge in [-0.05, 0) is 0 Å². The molecule has 62 valence electrons. The molecule has 1 heterocycles. The first-order chi connectivity index (χ1) is 5.36. The zero-order valence-corrected chi connectivity index (χ0v) is 7.00. The summed E-state index contributed by atoms with van der Waals surface area (Å²) < 4.78 is 0. The summed E-state index contributed by atoms with van der Waals surface area (Å²) in [4.78, 5) is 4.74. The summed E-state index contributed by atoms with van der Waals surface area (Å²) in [5, 5.41) is 0. The Morgan fingerprint density at radius 1 is 1.00 bits per heavy atom. The van der Waals surface area contributed by atoms with Crippen LogP contribution >= 0.6 is 0 Å². The second kappa shape index (κ2) is 4.31. The summed E-state index contributed by atoms with van der Waals surface area (Å²) in [5.41, 5.74) is 0. The highest BCUT2D eigenvalue weighted by molar-refractivity contribution is 4.82. The molecule has 0 saturated carbocycles. The molecular formula is C9H16N2. The van der Waals surface area contributed by atoms with Gasteiger partial charge in [-0.2, -0.15) is 0 Å². The van der Waals surface area contributed by atoms with Gasteiger partial charge < -0.3 is 0 Å². The maximum atomic E-state index is 3.71. The van der Waals surface area contributed by atoms with Gasteiger partial charge in [-0.3, -0.25) is 9.80 Å².